The van der Waals surface area contributed by atoms with Crippen LogP contribution in [0.25, 0.3) is 205 Å². The highest BCUT2D eigenvalue weighted by Crippen LogP contribution is 2.63. The van der Waals surface area contributed by atoms with Crippen LogP contribution in [0.3, 0.4) is 0 Å². The van der Waals surface area contributed by atoms with Crippen molar-refractivity contribution in [1.82, 2.24) is 57.7 Å². The highest BCUT2D eigenvalue weighted by molar-refractivity contribution is 9.10. The van der Waals surface area contributed by atoms with Crippen molar-refractivity contribution in [2.45, 2.75) is 87.9 Å². The van der Waals surface area contributed by atoms with Crippen molar-refractivity contribution in [3.8, 4) is 74.0 Å². The molecule has 0 radical (unpaired) electrons. The second-order valence-electron chi connectivity index (χ2n) is 39.4. The lowest BCUT2D eigenvalue weighted by Gasteiger charge is -2.56. The maximum absolute atomic E-state index is 5.48. The summed E-state index contributed by atoms with van der Waals surface area (Å²) in [6.45, 7) is 0. The predicted molar refractivity (Wildman–Crippen MR) is 556 cm³/mol. The predicted octanol–water partition coefficient (Wildman–Crippen LogP) is 30.9. The minimum atomic E-state index is 0.0384. The number of rotatable bonds is 11. The molecule has 1 N–H and O–H groups in total. The lowest BCUT2D eigenvalue weighted by Crippen LogP contribution is -2.49. The van der Waals surface area contributed by atoms with Crippen LogP contribution >= 0.6 is 15.9 Å². The quantitative estimate of drug-likeness (QED) is 0.138. The third kappa shape index (κ3) is 12.5. The van der Waals surface area contributed by atoms with E-state index in [1.165, 1.54) is 197 Å². The number of aromatic amines is 1. The fourth-order valence-electron chi connectivity index (χ4n) is 26.9. The number of hydrogen-bond donors (Lipinski definition) is 1. The number of halogens is 1. The van der Waals surface area contributed by atoms with Crippen LogP contribution in [0.2, 0.25) is 0 Å². The summed E-state index contributed by atoms with van der Waals surface area (Å²) in [5.74, 6) is 10.2. The number of nitrogens with zero attached hydrogens (tertiary/aromatic N) is 11. The fourth-order valence-corrected chi connectivity index (χ4v) is 27.1. The standard InChI is InChI=1S/C61H46N6.C36H23N3.C25H24BrN3/c1-4-16-41(17-5-1)58-62-59(64-60(63-58)61-35-38-32-39(36-61)34-40(33-38)37-61)42-28-30-45(31-29-42)67-51-27-15-12-24-48(51)54-56-52(46-22-10-13-25-49(46)65(56)43-18-6-2-7-19-43)55-53(57(54)67)47-23-11-14-26-50(47)66(55)44-20-8-3-9-21-44;1-3-13-23(14-4-1)38-29-21-11-8-18-26(29)32-34-31(25-17-7-10-20-28(25)37-34)35-33(36(32)38)27-19-9-12-22-30(27)39(35)24-15-5-2-6-16-24;26-21-8-6-20(7-9-21)23-27-22(19-4-2-1-3-5-19)28-24(29-23)25-13-16-10-17(14-25)12-18(11-16)15-25/h1-31,38-40H,32-37H2;1-22,37H;1-9,16-18H,10-15H2. The van der Waals surface area contributed by atoms with Gasteiger partial charge in [-0.25, -0.2) is 29.9 Å². The molecule has 8 saturated carbocycles. The number of nitrogens with one attached hydrogen (secondary N) is 1. The summed E-state index contributed by atoms with van der Waals surface area (Å²) in [6.07, 6.45) is 15.8. The molecule has 8 aliphatic carbocycles. The zero-order valence-corrected chi connectivity index (χ0v) is 76.1. The number of H-pyrrole nitrogens is 1. The number of benzene rings is 16. The molecule has 12 nitrogen and oxygen atoms in total. The molecule has 13 heteroatoms. The fraction of sp³-hybridized carbons (Fsp3) is 0.164. The Morgan fingerprint density at radius 1 is 0.222 bits per heavy atom. The average Bonchev–Trinajstić information content (AvgIpc) is 1.49. The molecule has 16 aromatic carbocycles. The van der Waals surface area contributed by atoms with Gasteiger partial charge in [0.15, 0.2) is 23.3 Å². The lowest BCUT2D eigenvalue weighted by atomic mass is 9.49. The Balaban J connectivity index is 0.000000112. The Morgan fingerprint density at radius 2 is 0.452 bits per heavy atom. The highest BCUT2D eigenvalue weighted by atomic mass is 79.9. The maximum Gasteiger partial charge on any atom is 0.163 e. The highest BCUT2D eigenvalue weighted by Gasteiger charge is 2.55. The first-order valence-electron chi connectivity index (χ1n) is 48.3. The van der Waals surface area contributed by atoms with E-state index in [1.54, 1.807) is 0 Å². The largest absolute Gasteiger partial charge is 0.354 e. The first-order valence-corrected chi connectivity index (χ1v) is 49.1. The summed E-state index contributed by atoms with van der Waals surface area (Å²) in [6, 6.07) is 135. The normalized spacial score (nSPS) is 19.9. The Bertz CT molecular complexity index is 8650. The van der Waals surface area contributed by atoms with Crippen molar-refractivity contribution in [3.63, 3.8) is 0 Å². The van der Waals surface area contributed by atoms with E-state index in [-0.39, 0.29) is 10.8 Å². The number of aromatic nitrogens is 12. The molecule has 648 valence electrons. The van der Waals surface area contributed by atoms with Crippen LogP contribution < -0.4 is 0 Å². The molecule has 0 spiro atoms. The van der Waals surface area contributed by atoms with Gasteiger partial charge in [0.05, 0.1) is 60.7 Å². The molecule has 0 unspecified atom stereocenters. The van der Waals surface area contributed by atoms with E-state index in [0.717, 1.165) is 137 Å². The van der Waals surface area contributed by atoms with Crippen molar-refractivity contribution in [3.05, 3.63) is 392 Å². The molecule has 0 aliphatic heterocycles. The summed E-state index contributed by atoms with van der Waals surface area (Å²) in [5, 5.41) is 15.0. The topological polar surface area (TPSA) is 118 Å². The van der Waals surface area contributed by atoms with E-state index in [2.05, 4.69) is 414 Å². The molecule has 0 amide bonds. The summed E-state index contributed by atoms with van der Waals surface area (Å²) in [5.41, 5.74) is 24.4. The molecule has 8 fully saturated rings. The summed E-state index contributed by atoms with van der Waals surface area (Å²) >= 11 is 3.54. The SMILES string of the molecule is Brc1ccc(-c2nc(-c3ccccc3)nc(C34CC5CC(CC(C5)C3)C4)n2)cc1.c1ccc(-c2nc(-c3ccc(-n4c5ccccc5c5c6c(c7ccccc7n6-c6ccccc6)c6c(c7ccccc7n6-c6ccccc6)c54)cc3)nc(C34CC5CC(CC(C5)C3)C4)n2)cc1.c1ccc(-n2c3ccccc3c3c4[nH]c5ccccc5c4c4c(c5ccccc5n4-c4ccccc4)c32)cc1. The summed E-state index contributed by atoms with van der Waals surface area (Å²) in [4.78, 5) is 35.1. The molecule has 8 aromatic heterocycles. The van der Waals surface area contributed by atoms with Gasteiger partial charge in [-0.2, -0.15) is 0 Å². The van der Waals surface area contributed by atoms with Crippen LogP contribution in [0.4, 0.5) is 0 Å². The van der Waals surface area contributed by atoms with Gasteiger partial charge in [-0.3, -0.25) is 0 Å². The van der Waals surface area contributed by atoms with E-state index in [4.69, 9.17) is 29.9 Å². The minimum Gasteiger partial charge on any atom is -0.354 e. The van der Waals surface area contributed by atoms with Gasteiger partial charge in [0.25, 0.3) is 0 Å². The third-order valence-electron chi connectivity index (χ3n) is 31.4. The molecule has 0 saturated heterocycles. The molecule has 8 heterocycles. The molecular formula is C122H93BrN12. The van der Waals surface area contributed by atoms with Gasteiger partial charge in [-0.15, -0.1) is 0 Å². The van der Waals surface area contributed by atoms with Crippen molar-refractivity contribution >= 4 is 147 Å². The molecule has 8 bridgehead atoms. The van der Waals surface area contributed by atoms with Crippen LogP contribution in [-0.4, -0.2) is 57.7 Å². The van der Waals surface area contributed by atoms with E-state index in [1.807, 2.05) is 6.07 Å². The van der Waals surface area contributed by atoms with Gasteiger partial charge in [-0.05, 0) is 234 Å². The van der Waals surface area contributed by atoms with Gasteiger partial charge < -0.3 is 27.8 Å². The molecule has 32 rings (SSSR count). The Kier molecular flexibility index (Phi) is 18.0. The van der Waals surface area contributed by atoms with Crippen LogP contribution in [0.15, 0.2) is 381 Å². The summed E-state index contributed by atoms with van der Waals surface area (Å²) < 4.78 is 13.5. The number of hydrogen-bond acceptors (Lipinski definition) is 6. The van der Waals surface area contributed by atoms with E-state index in [0.29, 0.717) is 0 Å². The van der Waals surface area contributed by atoms with Crippen molar-refractivity contribution in [1.29, 1.82) is 0 Å². The van der Waals surface area contributed by atoms with Gasteiger partial charge in [0, 0.05) is 136 Å². The van der Waals surface area contributed by atoms with Gasteiger partial charge in [0.1, 0.15) is 11.6 Å². The second-order valence-corrected chi connectivity index (χ2v) is 40.4. The Hall–Kier alpha value is -15.2. The van der Waals surface area contributed by atoms with Gasteiger partial charge >= 0.3 is 0 Å². The van der Waals surface area contributed by atoms with Crippen LogP contribution in [0, 0.1) is 35.5 Å². The third-order valence-corrected chi connectivity index (χ3v) is 31.9. The first-order chi connectivity index (χ1) is 66.7. The molecule has 8 aliphatic rings. The van der Waals surface area contributed by atoms with E-state index < -0.39 is 0 Å². The Morgan fingerprint density at radius 3 is 0.763 bits per heavy atom. The smallest absolute Gasteiger partial charge is 0.163 e. The van der Waals surface area contributed by atoms with Crippen LogP contribution in [-0.2, 0) is 10.8 Å². The minimum absolute atomic E-state index is 0.0384. The van der Waals surface area contributed by atoms with Crippen molar-refractivity contribution in [2.75, 3.05) is 0 Å². The number of para-hydroxylation sites is 10. The zero-order valence-electron chi connectivity index (χ0n) is 74.5. The molecule has 0 atom stereocenters. The van der Waals surface area contributed by atoms with Gasteiger partial charge in [-0.1, -0.05) is 271 Å². The summed E-state index contributed by atoms with van der Waals surface area (Å²) in [7, 11) is 0. The number of fused-ring (bicyclic) bond motifs is 24. The molecular weight excluding hydrogens is 1710 g/mol. The maximum atomic E-state index is 5.48. The average molecular weight is 1810 g/mol. The van der Waals surface area contributed by atoms with Crippen LogP contribution in [0.5, 0.6) is 0 Å². The molecule has 135 heavy (non-hydrogen) atoms. The van der Waals surface area contributed by atoms with E-state index in [9.17, 15) is 0 Å². The Labute approximate surface area is 788 Å². The first kappa shape index (κ1) is 78.5. The second kappa shape index (κ2) is 31.0. The van der Waals surface area contributed by atoms with Gasteiger partial charge in [0.2, 0.25) is 0 Å². The van der Waals surface area contributed by atoms with Crippen molar-refractivity contribution in [2.24, 2.45) is 35.5 Å². The lowest BCUT2D eigenvalue weighted by molar-refractivity contribution is -0.00948. The van der Waals surface area contributed by atoms with Crippen molar-refractivity contribution < 1.29 is 0 Å². The van der Waals surface area contributed by atoms with E-state index >= 15 is 0 Å². The molecule has 24 aromatic rings. The van der Waals surface area contributed by atoms with Crippen LogP contribution in [0.1, 0.15) is 88.7 Å². The monoisotopic (exact) mass is 1800 g/mol. The zero-order chi connectivity index (χ0) is 88.7.